The van der Waals surface area contributed by atoms with Gasteiger partial charge >= 0.3 is 13.6 Å². The Morgan fingerprint density at radius 1 is 1.25 bits per heavy atom. The molecule has 1 aromatic carbocycles. The highest BCUT2D eigenvalue weighted by Gasteiger charge is 2.21. The molecule has 5 nitrogen and oxygen atoms in total. The first-order valence-electron chi connectivity index (χ1n) is 4.53. The maximum atomic E-state index is 11.8. The number of aromatic carboxylic acids is 1. The Morgan fingerprint density at radius 3 is 2.12 bits per heavy atom. The van der Waals surface area contributed by atoms with Crippen LogP contribution < -0.4 is 0 Å². The summed E-state index contributed by atoms with van der Waals surface area (Å²) in [4.78, 5) is 10.6. The van der Waals surface area contributed by atoms with E-state index in [1.807, 2.05) is 0 Å². The minimum Gasteiger partial charge on any atom is -0.478 e. The number of benzene rings is 1. The largest absolute Gasteiger partial charge is 0.478 e. The summed E-state index contributed by atoms with van der Waals surface area (Å²) in [5.41, 5.74) is 0.894. The third-order valence-corrected chi connectivity index (χ3v) is 4.00. The topological polar surface area (TPSA) is 72.8 Å². The fourth-order valence-corrected chi connectivity index (χ4v) is 2.25. The lowest BCUT2D eigenvalue weighted by atomic mass is 10.1. The van der Waals surface area contributed by atoms with Crippen LogP contribution in [0.25, 0.3) is 0 Å². The molecule has 16 heavy (non-hydrogen) atoms. The van der Waals surface area contributed by atoms with Crippen LogP contribution in [0, 0.1) is 0 Å². The summed E-state index contributed by atoms with van der Waals surface area (Å²) in [5.74, 6) is -0.992. The fraction of sp³-hybridized carbons (Fsp3) is 0.300. The number of carboxylic acid groups (broad SMARTS) is 1. The molecule has 6 heteroatoms. The minimum atomic E-state index is -3.09. The summed E-state index contributed by atoms with van der Waals surface area (Å²) in [6.45, 7) is 0. The van der Waals surface area contributed by atoms with E-state index < -0.39 is 13.6 Å². The summed E-state index contributed by atoms with van der Waals surface area (Å²) in [6.07, 6.45) is 0.125. The van der Waals surface area contributed by atoms with Gasteiger partial charge in [0.1, 0.15) is 0 Å². The van der Waals surface area contributed by atoms with Crippen molar-refractivity contribution in [2.45, 2.75) is 6.16 Å². The zero-order valence-corrected chi connectivity index (χ0v) is 9.94. The van der Waals surface area contributed by atoms with Gasteiger partial charge in [-0.25, -0.2) is 4.79 Å². The van der Waals surface area contributed by atoms with Gasteiger partial charge in [0.25, 0.3) is 0 Å². The molecule has 1 aromatic rings. The Bertz CT molecular complexity index is 404. The van der Waals surface area contributed by atoms with Gasteiger partial charge in [-0.1, -0.05) is 12.1 Å². The van der Waals surface area contributed by atoms with Crippen LogP contribution in [0.1, 0.15) is 15.9 Å². The van der Waals surface area contributed by atoms with E-state index in [2.05, 4.69) is 0 Å². The van der Waals surface area contributed by atoms with E-state index in [1.165, 1.54) is 26.4 Å². The molecule has 0 radical (unpaired) electrons. The molecular formula is C10H13O5P. The van der Waals surface area contributed by atoms with Gasteiger partial charge in [-0.3, -0.25) is 4.57 Å². The third-order valence-electron chi connectivity index (χ3n) is 2.13. The molecular weight excluding hydrogens is 231 g/mol. The molecule has 0 heterocycles. The van der Waals surface area contributed by atoms with Crippen LogP contribution in [-0.2, 0) is 19.8 Å². The molecule has 0 saturated heterocycles. The summed E-state index contributed by atoms with van der Waals surface area (Å²) < 4.78 is 21.3. The van der Waals surface area contributed by atoms with E-state index in [9.17, 15) is 9.36 Å². The molecule has 0 aromatic heterocycles. The summed E-state index contributed by atoms with van der Waals surface area (Å²) in [7, 11) is -0.459. The zero-order chi connectivity index (χ0) is 12.2. The van der Waals surface area contributed by atoms with Crippen molar-refractivity contribution >= 4 is 13.6 Å². The molecule has 0 aliphatic rings. The number of hydrogen-bond donors (Lipinski definition) is 1. The van der Waals surface area contributed by atoms with E-state index in [4.69, 9.17) is 14.2 Å². The summed E-state index contributed by atoms with van der Waals surface area (Å²) >= 11 is 0. The number of hydrogen-bond acceptors (Lipinski definition) is 4. The Labute approximate surface area is 93.5 Å². The van der Waals surface area contributed by atoms with E-state index >= 15 is 0 Å². The molecule has 0 unspecified atom stereocenters. The molecule has 0 atom stereocenters. The average molecular weight is 244 g/mol. The van der Waals surface area contributed by atoms with Crippen LogP contribution in [0.4, 0.5) is 0 Å². The number of carbonyl (C=O) groups is 1. The molecule has 1 N–H and O–H groups in total. The fourth-order valence-electron chi connectivity index (χ4n) is 1.18. The van der Waals surface area contributed by atoms with Crippen molar-refractivity contribution in [2.24, 2.45) is 0 Å². The summed E-state index contributed by atoms with van der Waals surface area (Å²) in [5, 5.41) is 8.70. The number of carboxylic acids is 1. The second kappa shape index (κ2) is 5.25. The molecule has 0 fully saturated rings. The van der Waals surface area contributed by atoms with Crippen LogP contribution in [0.3, 0.4) is 0 Å². The third kappa shape index (κ3) is 3.17. The van der Waals surface area contributed by atoms with Gasteiger partial charge in [-0.15, -0.1) is 0 Å². The van der Waals surface area contributed by atoms with E-state index in [1.54, 1.807) is 12.1 Å². The first kappa shape index (κ1) is 12.9. The van der Waals surface area contributed by atoms with Crippen molar-refractivity contribution in [3.63, 3.8) is 0 Å². The van der Waals surface area contributed by atoms with Crippen molar-refractivity contribution in [1.29, 1.82) is 0 Å². The quantitative estimate of drug-likeness (QED) is 0.805. The maximum absolute atomic E-state index is 11.8. The summed E-state index contributed by atoms with van der Waals surface area (Å²) in [6, 6.07) is 6.09. The maximum Gasteiger partial charge on any atom is 0.335 e. The average Bonchev–Trinajstić information content (AvgIpc) is 2.29. The van der Waals surface area contributed by atoms with E-state index in [-0.39, 0.29) is 11.7 Å². The van der Waals surface area contributed by atoms with Gasteiger partial charge in [-0.05, 0) is 17.7 Å². The van der Waals surface area contributed by atoms with Crippen LogP contribution in [-0.4, -0.2) is 25.3 Å². The smallest absolute Gasteiger partial charge is 0.335 e. The second-order valence-electron chi connectivity index (χ2n) is 3.14. The monoisotopic (exact) mass is 244 g/mol. The minimum absolute atomic E-state index is 0.125. The van der Waals surface area contributed by atoms with Gasteiger partial charge < -0.3 is 14.2 Å². The highest BCUT2D eigenvalue weighted by molar-refractivity contribution is 7.52. The Balaban J connectivity index is 2.83. The van der Waals surface area contributed by atoms with Crippen LogP contribution in [0.2, 0.25) is 0 Å². The Morgan fingerprint density at radius 2 is 1.75 bits per heavy atom. The molecule has 1 rings (SSSR count). The van der Waals surface area contributed by atoms with Gasteiger partial charge in [-0.2, -0.15) is 0 Å². The lowest BCUT2D eigenvalue weighted by Crippen LogP contribution is -1.97. The predicted molar refractivity (Wildman–Crippen MR) is 58.7 cm³/mol. The predicted octanol–water partition coefficient (Wildman–Crippen LogP) is 2.37. The van der Waals surface area contributed by atoms with Crippen LogP contribution in [0.15, 0.2) is 24.3 Å². The van der Waals surface area contributed by atoms with E-state index in [0.29, 0.717) is 5.56 Å². The van der Waals surface area contributed by atoms with Crippen LogP contribution >= 0.6 is 7.60 Å². The first-order chi connectivity index (χ1) is 7.50. The molecule has 0 aliphatic heterocycles. The lowest BCUT2D eigenvalue weighted by Gasteiger charge is -2.13. The molecule has 0 bridgehead atoms. The van der Waals surface area contributed by atoms with Gasteiger partial charge in [0, 0.05) is 14.2 Å². The highest BCUT2D eigenvalue weighted by atomic mass is 31.2. The second-order valence-corrected chi connectivity index (χ2v) is 5.40. The van der Waals surface area contributed by atoms with Crippen molar-refractivity contribution in [2.75, 3.05) is 14.2 Å². The molecule has 0 saturated carbocycles. The highest BCUT2D eigenvalue weighted by Crippen LogP contribution is 2.49. The standard InChI is InChI=1S/C10H13O5P/c1-14-16(13,15-2)7-8-3-5-9(6-4-8)10(11)12/h3-6H,7H2,1-2H3,(H,11,12). The zero-order valence-electron chi connectivity index (χ0n) is 9.04. The SMILES string of the molecule is COP(=O)(Cc1ccc(C(=O)O)cc1)OC. The molecule has 0 amide bonds. The van der Waals surface area contributed by atoms with Gasteiger partial charge in [0.2, 0.25) is 0 Å². The molecule has 0 aliphatic carbocycles. The Hall–Kier alpha value is -1.16. The molecule has 88 valence electrons. The molecule has 0 spiro atoms. The normalized spacial score (nSPS) is 11.4. The first-order valence-corrected chi connectivity index (χ1v) is 6.26. The van der Waals surface area contributed by atoms with E-state index in [0.717, 1.165) is 0 Å². The van der Waals surface area contributed by atoms with Crippen molar-refractivity contribution in [1.82, 2.24) is 0 Å². The van der Waals surface area contributed by atoms with Crippen molar-refractivity contribution in [3.05, 3.63) is 35.4 Å². The Kier molecular flexibility index (Phi) is 4.24. The van der Waals surface area contributed by atoms with Gasteiger partial charge in [0.05, 0.1) is 11.7 Å². The van der Waals surface area contributed by atoms with Crippen molar-refractivity contribution < 1.29 is 23.5 Å². The van der Waals surface area contributed by atoms with Crippen molar-refractivity contribution in [3.8, 4) is 0 Å². The lowest BCUT2D eigenvalue weighted by molar-refractivity contribution is 0.0697. The van der Waals surface area contributed by atoms with Gasteiger partial charge in [0.15, 0.2) is 0 Å². The number of rotatable bonds is 5. The van der Waals surface area contributed by atoms with Crippen LogP contribution in [0.5, 0.6) is 0 Å².